The highest BCUT2D eigenvalue weighted by Gasteiger charge is 2.28. The summed E-state index contributed by atoms with van der Waals surface area (Å²) in [7, 11) is -2.56. The number of aromatic nitrogens is 2. The predicted molar refractivity (Wildman–Crippen MR) is 134 cm³/mol. The minimum absolute atomic E-state index is 0.0344. The molecule has 2 heterocycles. The Kier molecular flexibility index (Phi) is 6.97. The van der Waals surface area contributed by atoms with E-state index < -0.39 is 27.7 Å². The van der Waals surface area contributed by atoms with E-state index in [1.807, 2.05) is 26.8 Å². The van der Waals surface area contributed by atoms with Gasteiger partial charge in [-0.2, -0.15) is 4.72 Å². The van der Waals surface area contributed by atoms with E-state index in [1.54, 1.807) is 12.1 Å². The van der Waals surface area contributed by atoms with Crippen LogP contribution >= 0.6 is 11.3 Å². The highest BCUT2D eigenvalue weighted by Crippen LogP contribution is 2.29. The molecule has 0 radical (unpaired) electrons. The molecule has 0 aliphatic heterocycles. The smallest absolute Gasteiger partial charge is 0.419 e. The second kappa shape index (κ2) is 9.80. The molecule has 0 bridgehead atoms. The number of fused-ring (bicyclic) bond motifs is 2. The number of carbonyl (C=O) groups is 1. The van der Waals surface area contributed by atoms with Crippen molar-refractivity contribution in [2.45, 2.75) is 38.1 Å². The zero-order valence-corrected chi connectivity index (χ0v) is 21.3. The maximum Gasteiger partial charge on any atom is 0.419 e. The third-order valence-corrected chi connectivity index (χ3v) is 7.70. The first kappa shape index (κ1) is 24.9. The molecule has 10 nitrogen and oxygen atoms in total. The number of nitrogens with zero attached hydrogens (tertiary/aromatic N) is 2. The number of thiazole rings is 1. The fourth-order valence-corrected chi connectivity index (χ4v) is 5.74. The Balaban J connectivity index is 1.57. The molecule has 35 heavy (non-hydrogen) atoms. The number of oxazole rings is 1. The maximum atomic E-state index is 13.1. The lowest BCUT2D eigenvalue weighted by atomic mass is 10.0. The molecule has 1 atom stereocenters. The van der Waals surface area contributed by atoms with Crippen molar-refractivity contribution in [3.05, 3.63) is 46.9 Å². The summed E-state index contributed by atoms with van der Waals surface area (Å²) in [4.78, 5) is 29.2. The van der Waals surface area contributed by atoms with Gasteiger partial charge in [-0.25, -0.2) is 18.2 Å². The van der Waals surface area contributed by atoms with Crippen LogP contribution in [0.15, 0.2) is 50.5 Å². The zero-order valence-electron chi connectivity index (χ0n) is 19.7. The number of rotatable bonds is 9. The Bertz CT molecular complexity index is 1550. The van der Waals surface area contributed by atoms with Gasteiger partial charge in [-0.3, -0.25) is 9.36 Å². The maximum absolute atomic E-state index is 13.1. The van der Waals surface area contributed by atoms with Gasteiger partial charge in [0.2, 0.25) is 15.9 Å². The van der Waals surface area contributed by atoms with Gasteiger partial charge < -0.3 is 14.5 Å². The first-order chi connectivity index (χ1) is 16.6. The van der Waals surface area contributed by atoms with Gasteiger partial charge in [0.05, 0.1) is 27.2 Å². The molecule has 0 aliphatic carbocycles. The molecule has 12 heteroatoms. The molecular formula is C23H26N4O6S2. The molecular weight excluding hydrogens is 492 g/mol. The van der Waals surface area contributed by atoms with Crippen LogP contribution in [0.3, 0.4) is 0 Å². The summed E-state index contributed by atoms with van der Waals surface area (Å²) in [6.07, 6.45) is 0.271. The van der Waals surface area contributed by atoms with E-state index in [0.29, 0.717) is 28.5 Å². The van der Waals surface area contributed by atoms with Gasteiger partial charge in [0, 0.05) is 13.1 Å². The lowest BCUT2D eigenvalue weighted by Crippen LogP contribution is -2.44. The van der Waals surface area contributed by atoms with Gasteiger partial charge >= 0.3 is 5.76 Å². The highest BCUT2D eigenvalue weighted by molar-refractivity contribution is 7.89. The molecule has 1 amide bonds. The number of amides is 1. The summed E-state index contributed by atoms with van der Waals surface area (Å²) in [6.45, 7) is 6.22. The number of hydrogen-bond acceptors (Lipinski definition) is 8. The number of carbonyl (C=O) groups excluding carboxylic acids is 1. The van der Waals surface area contributed by atoms with Gasteiger partial charge in [-0.15, -0.1) is 0 Å². The molecule has 2 aromatic heterocycles. The molecule has 2 aromatic carbocycles. The summed E-state index contributed by atoms with van der Waals surface area (Å²) in [5.74, 6) is -0.368. The Labute approximate surface area is 206 Å². The Morgan fingerprint density at radius 1 is 1.23 bits per heavy atom. The lowest BCUT2D eigenvalue weighted by Gasteiger charge is -2.19. The number of nitrogens with one attached hydrogen (secondary N) is 2. The molecule has 2 N–H and O–H groups in total. The van der Waals surface area contributed by atoms with E-state index in [2.05, 4.69) is 15.0 Å². The van der Waals surface area contributed by atoms with Crippen LogP contribution in [0.4, 0.5) is 5.13 Å². The summed E-state index contributed by atoms with van der Waals surface area (Å²) < 4.78 is 41.4. The average Bonchev–Trinajstić information content (AvgIpc) is 3.31. The van der Waals surface area contributed by atoms with Gasteiger partial charge in [-0.05, 0) is 49.6 Å². The average molecular weight is 519 g/mol. The largest absolute Gasteiger partial charge is 0.494 e. The van der Waals surface area contributed by atoms with Crippen molar-refractivity contribution in [2.75, 3.05) is 11.9 Å². The Hall–Kier alpha value is -3.22. The van der Waals surface area contributed by atoms with Crippen molar-refractivity contribution in [3.8, 4) is 5.75 Å². The number of aryl methyl sites for hydroxylation is 1. The van der Waals surface area contributed by atoms with E-state index in [-0.39, 0.29) is 22.8 Å². The van der Waals surface area contributed by atoms with Crippen LogP contribution in [-0.4, -0.2) is 36.5 Å². The van der Waals surface area contributed by atoms with Crippen molar-refractivity contribution in [3.63, 3.8) is 0 Å². The number of hydrogen-bond donors (Lipinski definition) is 2. The molecule has 0 fully saturated rings. The van der Waals surface area contributed by atoms with Crippen molar-refractivity contribution in [2.24, 2.45) is 13.0 Å². The van der Waals surface area contributed by atoms with E-state index in [4.69, 9.17) is 9.15 Å². The molecule has 0 unspecified atom stereocenters. The molecule has 4 aromatic rings. The first-order valence-corrected chi connectivity index (χ1v) is 13.3. The van der Waals surface area contributed by atoms with Crippen LogP contribution in [0.5, 0.6) is 5.75 Å². The molecule has 0 saturated heterocycles. The van der Waals surface area contributed by atoms with Gasteiger partial charge in [0.25, 0.3) is 0 Å². The minimum Gasteiger partial charge on any atom is -0.494 e. The molecule has 186 valence electrons. The van der Waals surface area contributed by atoms with Gasteiger partial charge in [0.1, 0.15) is 11.8 Å². The summed E-state index contributed by atoms with van der Waals surface area (Å²) in [5.41, 5.74) is 1.31. The summed E-state index contributed by atoms with van der Waals surface area (Å²) >= 11 is 1.28. The second-order valence-corrected chi connectivity index (χ2v) is 11.2. The normalized spacial score (nSPS) is 12.9. The zero-order chi connectivity index (χ0) is 25.3. The molecule has 4 rings (SSSR count). The van der Waals surface area contributed by atoms with Crippen molar-refractivity contribution in [1.29, 1.82) is 0 Å². The van der Waals surface area contributed by atoms with Gasteiger partial charge in [0.15, 0.2) is 10.7 Å². The number of sulfonamides is 1. The lowest BCUT2D eigenvalue weighted by molar-refractivity contribution is -0.118. The third kappa shape index (κ3) is 5.39. The van der Waals surface area contributed by atoms with Crippen LogP contribution in [0.1, 0.15) is 27.2 Å². The van der Waals surface area contributed by atoms with Crippen LogP contribution < -0.4 is 20.5 Å². The van der Waals surface area contributed by atoms with Crippen molar-refractivity contribution in [1.82, 2.24) is 14.3 Å². The second-order valence-electron chi connectivity index (χ2n) is 8.43. The number of anilines is 1. The van der Waals surface area contributed by atoms with Gasteiger partial charge in [-0.1, -0.05) is 25.2 Å². The fraction of sp³-hybridized carbons (Fsp3) is 0.348. The van der Waals surface area contributed by atoms with E-state index in [0.717, 1.165) is 4.70 Å². The topological polar surface area (TPSA) is 133 Å². The van der Waals surface area contributed by atoms with Crippen molar-refractivity contribution < 1.29 is 22.4 Å². The monoisotopic (exact) mass is 518 g/mol. The SMILES string of the molecule is CCOc1ccc2nc(NC(=O)[C@H](CC(C)C)NS(=O)(=O)c3ccc4c(c3)oc(=O)n4C)sc2c1. The highest BCUT2D eigenvalue weighted by atomic mass is 32.2. The number of benzene rings is 2. The Morgan fingerprint density at radius 2 is 2.00 bits per heavy atom. The van der Waals surface area contributed by atoms with Crippen LogP contribution in [0.2, 0.25) is 0 Å². The van der Waals surface area contributed by atoms with Crippen LogP contribution in [0, 0.1) is 5.92 Å². The minimum atomic E-state index is -4.09. The summed E-state index contributed by atoms with van der Waals surface area (Å²) in [6, 6.07) is 8.55. The predicted octanol–water partition coefficient (Wildman–Crippen LogP) is 3.47. The van der Waals surface area contributed by atoms with E-state index in [9.17, 15) is 18.0 Å². The first-order valence-electron chi connectivity index (χ1n) is 11.0. The quantitative estimate of drug-likeness (QED) is 0.347. The van der Waals surface area contributed by atoms with Crippen molar-refractivity contribution >= 4 is 53.7 Å². The fourth-order valence-electron chi connectivity index (χ4n) is 3.62. The molecule has 0 spiro atoms. The van der Waals surface area contributed by atoms with Crippen LogP contribution in [0.25, 0.3) is 21.3 Å². The van der Waals surface area contributed by atoms with Crippen LogP contribution in [-0.2, 0) is 21.9 Å². The summed E-state index contributed by atoms with van der Waals surface area (Å²) in [5, 5.41) is 3.10. The third-order valence-electron chi connectivity index (χ3n) is 5.30. The molecule has 0 saturated carbocycles. The Morgan fingerprint density at radius 3 is 2.71 bits per heavy atom. The standard InChI is InChI=1S/C23H26N4O6S2/c1-5-32-14-6-8-16-20(11-14)34-22(24-16)25-21(28)17(10-13(2)3)26-35(30,31)15-7-9-18-19(12-15)33-23(29)27(18)4/h6-9,11-13,17,26H,5,10H2,1-4H3,(H,24,25,28)/t17-/m0/s1. The van der Waals surface area contributed by atoms with E-state index in [1.165, 1.54) is 41.2 Å². The molecule has 0 aliphatic rings. The van der Waals surface area contributed by atoms with E-state index >= 15 is 0 Å². The number of ether oxygens (including phenoxy) is 1.